The van der Waals surface area contributed by atoms with Crippen molar-refractivity contribution in [2.45, 2.75) is 78.6 Å². The summed E-state index contributed by atoms with van der Waals surface area (Å²) in [6.07, 6.45) is 6.87. The Morgan fingerprint density at radius 2 is 0.646 bits per heavy atom. The maximum atomic E-state index is 12.1. The van der Waals surface area contributed by atoms with E-state index >= 15 is 0 Å². The van der Waals surface area contributed by atoms with Gasteiger partial charge in [0.25, 0.3) is 0 Å². The van der Waals surface area contributed by atoms with Gasteiger partial charge in [-0.25, -0.2) is 0 Å². The standard InChI is InChI=1S/C36H45N9O3/c1-4-7-10-31(46)37-25-13-19-28(20-14-25)40-34-43-35(41-29-21-15-26(16-22-29)38-32(47)11-8-5-2)45-36(44-34)42-30-23-17-27(18-24-30)39-33(48)12-9-6-3/h13-24H,4-12H2,1-3H3,(H,37,46)(H,38,47)(H,39,48)(H3,40,41,42,43,44,45). The number of benzene rings is 3. The normalized spacial score (nSPS) is 10.6. The van der Waals surface area contributed by atoms with Crippen molar-refractivity contribution >= 4 is 69.7 Å². The van der Waals surface area contributed by atoms with Crippen LogP contribution < -0.4 is 31.9 Å². The Hall–Kier alpha value is -5.52. The van der Waals surface area contributed by atoms with Crippen LogP contribution >= 0.6 is 0 Å². The quantitative estimate of drug-likeness (QED) is 0.0619. The van der Waals surface area contributed by atoms with Crippen molar-refractivity contribution in [3.8, 4) is 0 Å². The number of unbranched alkanes of at least 4 members (excludes halogenated alkanes) is 3. The molecule has 0 aliphatic heterocycles. The molecule has 0 spiro atoms. The molecule has 12 nitrogen and oxygen atoms in total. The minimum absolute atomic E-state index is 0.0136. The molecule has 4 aromatic rings. The topological polar surface area (TPSA) is 162 Å². The second-order valence-corrected chi connectivity index (χ2v) is 11.4. The van der Waals surface area contributed by atoms with E-state index in [2.05, 4.69) is 67.6 Å². The first kappa shape index (κ1) is 35.3. The van der Waals surface area contributed by atoms with E-state index in [0.29, 0.717) is 36.3 Å². The van der Waals surface area contributed by atoms with Gasteiger partial charge in [-0.05, 0) is 92.1 Å². The smallest absolute Gasteiger partial charge is 0.233 e. The van der Waals surface area contributed by atoms with E-state index in [9.17, 15) is 14.4 Å². The maximum Gasteiger partial charge on any atom is 0.233 e. The van der Waals surface area contributed by atoms with Gasteiger partial charge in [0, 0.05) is 53.4 Å². The zero-order chi connectivity index (χ0) is 34.1. The molecular formula is C36H45N9O3. The van der Waals surface area contributed by atoms with E-state index in [-0.39, 0.29) is 35.6 Å². The summed E-state index contributed by atoms with van der Waals surface area (Å²) < 4.78 is 0. The molecule has 0 fully saturated rings. The molecule has 3 aromatic carbocycles. The zero-order valence-corrected chi connectivity index (χ0v) is 27.9. The van der Waals surface area contributed by atoms with E-state index in [1.807, 2.05) is 72.8 Å². The van der Waals surface area contributed by atoms with E-state index in [0.717, 1.165) is 55.6 Å². The molecule has 0 radical (unpaired) electrons. The number of nitrogens with zero attached hydrogens (tertiary/aromatic N) is 3. The molecular weight excluding hydrogens is 606 g/mol. The van der Waals surface area contributed by atoms with Gasteiger partial charge in [-0.2, -0.15) is 15.0 Å². The van der Waals surface area contributed by atoms with Gasteiger partial charge in [-0.3, -0.25) is 14.4 Å². The minimum atomic E-state index is -0.0136. The Morgan fingerprint density at radius 1 is 0.417 bits per heavy atom. The van der Waals surface area contributed by atoms with Gasteiger partial charge < -0.3 is 31.9 Å². The average Bonchev–Trinajstić information content (AvgIpc) is 3.08. The molecule has 252 valence electrons. The Balaban J connectivity index is 1.50. The number of amides is 3. The summed E-state index contributed by atoms with van der Waals surface area (Å²) in [6.45, 7) is 6.16. The Kier molecular flexibility index (Phi) is 13.7. The summed E-state index contributed by atoms with van der Waals surface area (Å²) in [5.41, 5.74) is 4.27. The molecule has 0 saturated carbocycles. The van der Waals surface area contributed by atoms with Crippen molar-refractivity contribution < 1.29 is 14.4 Å². The van der Waals surface area contributed by atoms with Crippen LogP contribution in [0.3, 0.4) is 0 Å². The van der Waals surface area contributed by atoms with Crippen LogP contribution in [0, 0.1) is 0 Å². The number of carbonyl (C=O) groups excluding carboxylic acids is 3. The lowest BCUT2D eigenvalue weighted by molar-refractivity contribution is -0.117. The van der Waals surface area contributed by atoms with Crippen LogP contribution in [0.4, 0.5) is 52.0 Å². The highest BCUT2D eigenvalue weighted by Crippen LogP contribution is 2.24. The summed E-state index contributed by atoms with van der Waals surface area (Å²) in [4.78, 5) is 50.1. The second-order valence-electron chi connectivity index (χ2n) is 11.4. The molecule has 6 N–H and O–H groups in total. The number of anilines is 9. The van der Waals surface area contributed by atoms with E-state index in [1.165, 1.54) is 0 Å². The maximum absolute atomic E-state index is 12.1. The predicted molar refractivity (Wildman–Crippen MR) is 193 cm³/mol. The van der Waals surface area contributed by atoms with E-state index < -0.39 is 0 Å². The molecule has 12 heteroatoms. The molecule has 1 heterocycles. The fourth-order valence-corrected chi connectivity index (χ4v) is 4.52. The summed E-state index contributed by atoms with van der Waals surface area (Å²) in [6, 6.07) is 21.9. The average molecular weight is 652 g/mol. The van der Waals surface area contributed by atoms with Crippen molar-refractivity contribution in [3.05, 3.63) is 72.8 Å². The molecule has 48 heavy (non-hydrogen) atoms. The molecule has 4 rings (SSSR count). The van der Waals surface area contributed by atoms with Crippen LogP contribution in [-0.2, 0) is 14.4 Å². The first-order valence-corrected chi connectivity index (χ1v) is 16.6. The monoisotopic (exact) mass is 651 g/mol. The number of nitrogens with one attached hydrogen (secondary N) is 6. The van der Waals surface area contributed by atoms with Crippen LogP contribution in [0.2, 0.25) is 0 Å². The lowest BCUT2D eigenvalue weighted by Crippen LogP contribution is -2.11. The van der Waals surface area contributed by atoms with Gasteiger partial charge in [-0.1, -0.05) is 40.0 Å². The Bertz CT molecular complexity index is 1420. The Labute approximate surface area is 282 Å². The van der Waals surface area contributed by atoms with Crippen molar-refractivity contribution in [1.29, 1.82) is 0 Å². The first-order valence-electron chi connectivity index (χ1n) is 16.6. The van der Waals surface area contributed by atoms with Gasteiger partial charge in [-0.15, -0.1) is 0 Å². The summed E-state index contributed by atoms with van der Waals surface area (Å²) in [7, 11) is 0. The highest BCUT2D eigenvalue weighted by Gasteiger charge is 2.11. The third-order valence-corrected chi connectivity index (χ3v) is 7.18. The van der Waals surface area contributed by atoms with E-state index in [1.54, 1.807) is 0 Å². The van der Waals surface area contributed by atoms with E-state index in [4.69, 9.17) is 0 Å². The number of rotatable bonds is 18. The second kappa shape index (κ2) is 18.6. The molecule has 3 amide bonds. The van der Waals surface area contributed by atoms with Crippen molar-refractivity contribution in [2.75, 3.05) is 31.9 Å². The highest BCUT2D eigenvalue weighted by molar-refractivity contribution is 5.92. The largest absolute Gasteiger partial charge is 0.326 e. The van der Waals surface area contributed by atoms with Crippen LogP contribution in [0.1, 0.15) is 78.6 Å². The fraction of sp³-hybridized carbons (Fsp3) is 0.333. The molecule has 0 atom stereocenters. The molecule has 0 unspecified atom stereocenters. The molecule has 0 aliphatic rings. The third-order valence-electron chi connectivity index (χ3n) is 7.18. The minimum Gasteiger partial charge on any atom is -0.326 e. The first-order chi connectivity index (χ1) is 23.3. The number of aromatic nitrogens is 3. The summed E-state index contributed by atoms with van der Waals surface area (Å²) >= 11 is 0. The number of hydrogen-bond donors (Lipinski definition) is 6. The lowest BCUT2D eigenvalue weighted by Gasteiger charge is -2.13. The van der Waals surface area contributed by atoms with Gasteiger partial charge in [0.15, 0.2) is 0 Å². The zero-order valence-electron chi connectivity index (χ0n) is 27.9. The molecule has 1 aromatic heterocycles. The van der Waals surface area contributed by atoms with Crippen molar-refractivity contribution in [2.24, 2.45) is 0 Å². The van der Waals surface area contributed by atoms with Gasteiger partial charge in [0.2, 0.25) is 35.6 Å². The highest BCUT2D eigenvalue weighted by atomic mass is 16.2. The van der Waals surface area contributed by atoms with Crippen LogP contribution in [-0.4, -0.2) is 32.7 Å². The van der Waals surface area contributed by atoms with Crippen molar-refractivity contribution in [3.63, 3.8) is 0 Å². The number of carbonyl (C=O) groups is 3. The molecule has 0 bridgehead atoms. The van der Waals surface area contributed by atoms with Crippen LogP contribution in [0.15, 0.2) is 72.8 Å². The number of hydrogen-bond acceptors (Lipinski definition) is 9. The van der Waals surface area contributed by atoms with Crippen molar-refractivity contribution in [1.82, 2.24) is 15.0 Å². The van der Waals surface area contributed by atoms with Crippen LogP contribution in [0.5, 0.6) is 0 Å². The van der Waals surface area contributed by atoms with Gasteiger partial charge in [0.1, 0.15) is 0 Å². The summed E-state index contributed by atoms with van der Waals surface area (Å²) in [5.74, 6) is 0.818. The fourth-order valence-electron chi connectivity index (χ4n) is 4.52. The van der Waals surface area contributed by atoms with Crippen LogP contribution in [0.25, 0.3) is 0 Å². The molecule has 0 aliphatic carbocycles. The summed E-state index contributed by atoms with van der Waals surface area (Å²) in [5, 5.41) is 18.4. The van der Waals surface area contributed by atoms with Gasteiger partial charge in [0.05, 0.1) is 0 Å². The third kappa shape index (κ3) is 12.0. The lowest BCUT2D eigenvalue weighted by atomic mass is 10.2. The molecule has 0 saturated heterocycles. The SMILES string of the molecule is CCCCC(=O)Nc1ccc(Nc2nc(Nc3ccc(NC(=O)CCCC)cc3)nc(Nc3ccc(NC(=O)CCCC)cc3)n2)cc1. The van der Waals surface area contributed by atoms with Gasteiger partial charge >= 0.3 is 0 Å². The predicted octanol–water partition coefficient (Wildman–Crippen LogP) is 8.49. The Morgan fingerprint density at radius 3 is 0.875 bits per heavy atom.